The predicted molar refractivity (Wildman–Crippen MR) is 106 cm³/mol. The Hall–Kier alpha value is -2.67. The first kappa shape index (κ1) is 18.7. The molecule has 4 rings (SSSR count). The Morgan fingerprint density at radius 2 is 2.11 bits per heavy atom. The lowest BCUT2D eigenvalue weighted by atomic mass is 10.1. The molecule has 0 saturated carbocycles. The van der Waals surface area contributed by atoms with Crippen LogP contribution in [0.1, 0.15) is 41.4 Å². The number of hydrogen-bond donors (Lipinski definition) is 2. The molecule has 7 nitrogen and oxygen atoms in total. The molecule has 2 aromatic rings. The lowest BCUT2D eigenvalue weighted by Gasteiger charge is -2.22. The summed E-state index contributed by atoms with van der Waals surface area (Å²) >= 11 is 0. The quantitative estimate of drug-likeness (QED) is 0.796. The molecule has 2 aliphatic heterocycles. The molecule has 3 heterocycles. The molecule has 2 unspecified atom stereocenters. The Labute approximate surface area is 165 Å². The van der Waals surface area contributed by atoms with Crippen molar-refractivity contribution in [2.24, 2.45) is 5.92 Å². The number of amides is 2. The molecule has 2 N–H and O–H groups in total. The molecule has 0 bridgehead atoms. The van der Waals surface area contributed by atoms with Gasteiger partial charge in [-0.15, -0.1) is 0 Å². The van der Waals surface area contributed by atoms with E-state index in [0.717, 1.165) is 31.5 Å². The first-order chi connectivity index (χ1) is 13.7. The third-order valence-corrected chi connectivity index (χ3v) is 5.55. The fourth-order valence-electron chi connectivity index (χ4n) is 4.00. The van der Waals surface area contributed by atoms with Crippen molar-refractivity contribution in [3.63, 3.8) is 0 Å². The summed E-state index contributed by atoms with van der Waals surface area (Å²) in [5.74, 6) is 0.124. The minimum Gasteiger partial charge on any atom is -0.350 e. The smallest absolute Gasteiger partial charge is 0.271 e. The third-order valence-electron chi connectivity index (χ3n) is 5.55. The molecular weight excluding hydrogens is 354 g/mol. The van der Waals surface area contributed by atoms with Crippen LogP contribution in [0.5, 0.6) is 0 Å². The molecule has 2 atom stereocenters. The number of piperidine rings is 1. The number of nitrogens with one attached hydrogen (secondary N) is 2. The van der Waals surface area contributed by atoms with E-state index in [9.17, 15) is 9.59 Å². The Kier molecular flexibility index (Phi) is 5.71. The molecule has 148 valence electrons. The van der Waals surface area contributed by atoms with E-state index in [1.165, 1.54) is 0 Å². The van der Waals surface area contributed by atoms with Crippen LogP contribution in [-0.2, 0) is 11.3 Å². The number of hydrogen-bond acceptors (Lipinski definition) is 4. The van der Waals surface area contributed by atoms with Gasteiger partial charge >= 0.3 is 0 Å². The number of nitrogens with zero attached hydrogens (tertiary/aromatic N) is 3. The van der Waals surface area contributed by atoms with Crippen LogP contribution in [0.15, 0.2) is 42.6 Å². The number of carbonyl (C=O) groups is 2. The van der Waals surface area contributed by atoms with E-state index >= 15 is 0 Å². The summed E-state index contributed by atoms with van der Waals surface area (Å²) in [6.45, 7) is 3.74. The summed E-state index contributed by atoms with van der Waals surface area (Å²) in [5, 5.41) is 10.8. The maximum absolute atomic E-state index is 12.5. The molecule has 0 aliphatic carbocycles. The molecule has 0 spiro atoms. The van der Waals surface area contributed by atoms with Gasteiger partial charge in [0, 0.05) is 44.7 Å². The van der Waals surface area contributed by atoms with Crippen LogP contribution >= 0.6 is 0 Å². The summed E-state index contributed by atoms with van der Waals surface area (Å²) in [4.78, 5) is 26.6. The van der Waals surface area contributed by atoms with E-state index in [1.54, 1.807) is 6.07 Å². The van der Waals surface area contributed by atoms with Crippen LogP contribution in [0.25, 0.3) is 0 Å². The van der Waals surface area contributed by atoms with E-state index in [2.05, 4.69) is 15.7 Å². The van der Waals surface area contributed by atoms with E-state index in [1.807, 2.05) is 46.1 Å². The van der Waals surface area contributed by atoms with Gasteiger partial charge in [-0.25, -0.2) is 0 Å². The lowest BCUT2D eigenvalue weighted by Crippen LogP contribution is -2.33. The first-order valence-electron chi connectivity index (χ1n) is 10.0. The SMILES string of the molecule is O=C(NCC1CC(=O)N(Cc2ccccc2)C1)c1ccn(C2CCCNC2)n1. The summed E-state index contributed by atoms with van der Waals surface area (Å²) in [5.41, 5.74) is 1.57. The fourth-order valence-corrected chi connectivity index (χ4v) is 4.00. The van der Waals surface area contributed by atoms with Gasteiger partial charge in [-0.05, 0) is 31.0 Å². The molecule has 2 saturated heterocycles. The maximum Gasteiger partial charge on any atom is 0.271 e. The van der Waals surface area contributed by atoms with Crippen LogP contribution in [0.2, 0.25) is 0 Å². The van der Waals surface area contributed by atoms with Crippen molar-refractivity contribution in [2.45, 2.75) is 31.8 Å². The highest BCUT2D eigenvalue weighted by Gasteiger charge is 2.30. The second kappa shape index (κ2) is 8.56. The second-order valence-electron chi connectivity index (χ2n) is 7.72. The molecule has 1 aromatic carbocycles. The average molecular weight is 381 g/mol. The van der Waals surface area contributed by atoms with Crippen molar-refractivity contribution >= 4 is 11.8 Å². The molecular formula is C21H27N5O2. The minimum atomic E-state index is -0.170. The highest BCUT2D eigenvalue weighted by Crippen LogP contribution is 2.20. The zero-order valence-corrected chi connectivity index (χ0v) is 16.0. The van der Waals surface area contributed by atoms with Gasteiger partial charge < -0.3 is 15.5 Å². The first-order valence-corrected chi connectivity index (χ1v) is 10.0. The highest BCUT2D eigenvalue weighted by molar-refractivity contribution is 5.92. The fraction of sp³-hybridized carbons (Fsp3) is 0.476. The normalized spacial score (nSPS) is 22.4. The van der Waals surface area contributed by atoms with Crippen LogP contribution in [0, 0.1) is 5.92 Å². The van der Waals surface area contributed by atoms with Crippen LogP contribution in [0.3, 0.4) is 0 Å². The minimum absolute atomic E-state index is 0.143. The van der Waals surface area contributed by atoms with Gasteiger partial charge in [0.25, 0.3) is 5.91 Å². The standard InChI is InChI=1S/C21H27N5O2/c27-20-11-17(15-25(20)14-16-5-2-1-3-6-16)12-23-21(28)19-8-10-26(24-19)18-7-4-9-22-13-18/h1-3,5-6,8,10,17-18,22H,4,7,9,11-15H2,(H,23,28). The summed E-state index contributed by atoms with van der Waals surface area (Å²) in [6.07, 6.45) is 4.57. The van der Waals surface area contributed by atoms with Gasteiger partial charge in [-0.3, -0.25) is 14.3 Å². The van der Waals surface area contributed by atoms with Gasteiger partial charge in [0.05, 0.1) is 6.04 Å². The molecule has 2 fully saturated rings. The topological polar surface area (TPSA) is 79.3 Å². The molecule has 2 amide bonds. The highest BCUT2D eigenvalue weighted by atomic mass is 16.2. The Balaban J connectivity index is 1.27. The van der Waals surface area contributed by atoms with E-state index in [0.29, 0.717) is 37.8 Å². The zero-order valence-electron chi connectivity index (χ0n) is 16.0. The van der Waals surface area contributed by atoms with Crippen molar-refractivity contribution in [3.05, 3.63) is 53.9 Å². The van der Waals surface area contributed by atoms with Crippen molar-refractivity contribution in [3.8, 4) is 0 Å². The van der Waals surface area contributed by atoms with Crippen molar-refractivity contribution in [2.75, 3.05) is 26.2 Å². The van der Waals surface area contributed by atoms with Crippen molar-refractivity contribution < 1.29 is 9.59 Å². The van der Waals surface area contributed by atoms with Gasteiger partial charge in [0.2, 0.25) is 5.91 Å². The molecule has 1 aromatic heterocycles. The second-order valence-corrected chi connectivity index (χ2v) is 7.72. The summed E-state index contributed by atoms with van der Waals surface area (Å²) in [7, 11) is 0. The number of aromatic nitrogens is 2. The molecule has 0 radical (unpaired) electrons. The van der Waals surface area contributed by atoms with E-state index < -0.39 is 0 Å². The predicted octanol–water partition coefficient (Wildman–Crippen LogP) is 1.59. The van der Waals surface area contributed by atoms with Gasteiger partial charge in [0.15, 0.2) is 0 Å². The summed E-state index contributed by atoms with van der Waals surface area (Å²) in [6, 6.07) is 12.1. The summed E-state index contributed by atoms with van der Waals surface area (Å²) < 4.78 is 1.89. The van der Waals surface area contributed by atoms with Gasteiger partial charge in [-0.1, -0.05) is 30.3 Å². The van der Waals surface area contributed by atoms with Crippen molar-refractivity contribution in [1.82, 2.24) is 25.3 Å². The largest absolute Gasteiger partial charge is 0.350 e. The van der Waals surface area contributed by atoms with Crippen molar-refractivity contribution in [1.29, 1.82) is 0 Å². The third kappa shape index (κ3) is 4.42. The number of likely N-dealkylation sites (tertiary alicyclic amines) is 1. The van der Waals surface area contributed by atoms with Crippen LogP contribution in [-0.4, -0.2) is 52.7 Å². The van der Waals surface area contributed by atoms with Gasteiger partial charge in [-0.2, -0.15) is 5.10 Å². The Bertz CT molecular complexity index is 813. The molecule has 28 heavy (non-hydrogen) atoms. The van der Waals surface area contributed by atoms with Crippen LogP contribution < -0.4 is 10.6 Å². The van der Waals surface area contributed by atoms with E-state index in [4.69, 9.17) is 0 Å². The molecule has 2 aliphatic rings. The number of benzene rings is 1. The Morgan fingerprint density at radius 1 is 1.25 bits per heavy atom. The van der Waals surface area contributed by atoms with E-state index in [-0.39, 0.29) is 17.7 Å². The molecule has 7 heteroatoms. The maximum atomic E-state index is 12.5. The zero-order chi connectivity index (χ0) is 19.3. The number of rotatable bonds is 6. The van der Waals surface area contributed by atoms with Crippen LogP contribution in [0.4, 0.5) is 0 Å². The van der Waals surface area contributed by atoms with Gasteiger partial charge in [0.1, 0.15) is 5.69 Å². The Morgan fingerprint density at radius 3 is 2.89 bits per heavy atom. The lowest BCUT2D eigenvalue weighted by molar-refractivity contribution is -0.128. The monoisotopic (exact) mass is 381 g/mol. The average Bonchev–Trinajstić information content (AvgIpc) is 3.35. The number of carbonyl (C=O) groups excluding carboxylic acids is 2.